The Morgan fingerprint density at radius 3 is 2.53 bits per heavy atom. The maximum Gasteiger partial charge on any atom is 0.212 e. The molecule has 0 radical (unpaired) electrons. The second-order valence-electron chi connectivity index (χ2n) is 4.64. The molecule has 0 aliphatic carbocycles. The molecule has 1 aromatic rings. The molecular formula is C14H24N2O2S. The lowest BCUT2D eigenvalue weighted by Crippen LogP contribution is -2.33. The molecule has 0 amide bonds. The summed E-state index contributed by atoms with van der Waals surface area (Å²) in [5.41, 5.74) is 2.39. The quantitative estimate of drug-likeness (QED) is 0.675. The lowest BCUT2D eigenvalue weighted by atomic mass is 10.1. The normalized spacial score (nSPS) is 11.7. The average Bonchev–Trinajstić information content (AvgIpc) is 2.37. The van der Waals surface area contributed by atoms with E-state index in [9.17, 15) is 8.42 Å². The zero-order valence-electron chi connectivity index (χ0n) is 11.8. The van der Waals surface area contributed by atoms with Crippen LogP contribution >= 0.6 is 0 Å². The van der Waals surface area contributed by atoms with E-state index < -0.39 is 10.0 Å². The Bertz CT molecular complexity index is 472. The SMILES string of the molecule is CCCNCCS(=O)(=O)NCCc1ccccc1C. The van der Waals surface area contributed by atoms with Crippen molar-refractivity contribution in [2.45, 2.75) is 26.7 Å². The van der Waals surface area contributed by atoms with Crippen LogP contribution in [0.4, 0.5) is 0 Å². The number of rotatable bonds is 9. The van der Waals surface area contributed by atoms with Gasteiger partial charge in [0.1, 0.15) is 0 Å². The predicted octanol–water partition coefficient (Wildman–Crippen LogP) is 1.46. The van der Waals surface area contributed by atoms with Gasteiger partial charge in [0, 0.05) is 13.1 Å². The smallest absolute Gasteiger partial charge is 0.212 e. The van der Waals surface area contributed by atoms with E-state index in [0.29, 0.717) is 13.1 Å². The second kappa shape index (κ2) is 8.30. The summed E-state index contributed by atoms with van der Waals surface area (Å²) in [6, 6.07) is 8.04. The molecule has 19 heavy (non-hydrogen) atoms. The monoisotopic (exact) mass is 284 g/mol. The summed E-state index contributed by atoms with van der Waals surface area (Å²) in [6.07, 6.45) is 1.75. The van der Waals surface area contributed by atoms with Gasteiger partial charge in [-0.25, -0.2) is 13.1 Å². The van der Waals surface area contributed by atoms with Crippen LogP contribution in [0.25, 0.3) is 0 Å². The third-order valence-corrected chi connectivity index (χ3v) is 4.34. The van der Waals surface area contributed by atoms with Gasteiger partial charge in [0.15, 0.2) is 0 Å². The summed E-state index contributed by atoms with van der Waals surface area (Å²) in [4.78, 5) is 0. The predicted molar refractivity (Wildman–Crippen MR) is 79.8 cm³/mol. The summed E-state index contributed by atoms with van der Waals surface area (Å²) in [5.74, 6) is 0.140. The number of hydrogen-bond donors (Lipinski definition) is 2. The molecule has 0 atom stereocenters. The maximum atomic E-state index is 11.7. The van der Waals surface area contributed by atoms with E-state index in [1.54, 1.807) is 0 Å². The summed E-state index contributed by atoms with van der Waals surface area (Å²) >= 11 is 0. The molecule has 0 aromatic heterocycles. The molecule has 0 aliphatic rings. The Balaban J connectivity index is 2.30. The molecule has 0 aliphatic heterocycles. The fourth-order valence-corrected chi connectivity index (χ4v) is 2.78. The van der Waals surface area contributed by atoms with Gasteiger partial charge in [0.05, 0.1) is 5.75 Å². The maximum absolute atomic E-state index is 11.7. The Kier molecular flexibility index (Phi) is 7.05. The van der Waals surface area contributed by atoms with E-state index in [4.69, 9.17) is 0 Å². The van der Waals surface area contributed by atoms with E-state index >= 15 is 0 Å². The zero-order chi connectivity index (χ0) is 14.1. The molecule has 0 saturated heterocycles. The molecule has 4 nitrogen and oxygen atoms in total. The molecule has 0 unspecified atom stereocenters. The summed E-state index contributed by atoms with van der Waals surface area (Å²) < 4.78 is 26.1. The Morgan fingerprint density at radius 1 is 1.11 bits per heavy atom. The molecule has 5 heteroatoms. The molecule has 1 aromatic carbocycles. The average molecular weight is 284 g/mol. The van der Waals surface area contributed by atoms with Crippen molar-refractivity contribution in [2.75, 3.05) is 25.4 Å². The number of nitrogens with one attached hydrogen (secondary N) is 2. The van der Waals surface area contributed by atoms with E-state index in [1.165, 1.54) is 11.1 Å². The van der Waals surface area contributed by atoms with Crippen molar-refractivity contribution >= 4 is 10.0 Å². The third kappa shape index (κ3) is 6.71. The van der Waals surface area contributed by atoms with E-state index in [-0.39, 0.29) is 5.75 Å². The van der Waals surface area contributed by atoms with Gasteiger partial charge in [-0.2, -0.15) is 0 Å². The molecule has 2 N–H and O–H groups in total. The number of sulfonamides is 1. The lowest BCUT2D eigenvalue weighted by Gasteiger charge is -2.08. The van der Waals surface area contributed by atoms with Gasteiger partial charge in [-0.15, -0.1) is 0 Å². The van der Waals surface area contributed by atoms with Gasteiger partial charge in [-0.05, 0) is 37.4 Å². The number of hydrogen-bond acceptors (Lipinski definition) is 3. The van der Waals surface area contributed by atoms with Crippen molar-refractivity contribution in [1.29, 1.82) is 0 Å². The van der Waals surface area contributed by atoms with Crippen LogP contribution in [0.1, 0.15) is 24.5 Å². The van der Waals surface area contributed by atoms with Crippen LogP contribution in [-0.4, -0.2) is 33.8 Å². The number of benzene rings is 1. The van der Waals surface area contributed by atoms with Gasteiger partial charge in [-0.1, -0.05) is 31.2 Å². The Labute approximate surface area is 116 Å². The van der Waals surface area contributed by atoms with Gasteiger partial charge < -0.3 is 5.32 Å². The van der Waals surface area contributed by atoms with Crippen LogP contribution in [0.2, 0.25) is 0 Å². The minimum atomic E-state index is -3.16. The highest BCUT2D eigenvalue weighted by Gasteiger charge is 2.08. The zero-order valence-corrected chi connectivity index (χ0v) is 12.6. The minimum absolute atomic E-state index is 0.140. The van der Waals surface area contributed by atoms with Gasteiger partial charge >= 0.3 is 0 Å². The van der Waals surface area contributed by atoms with Crippen molar-refractivity contribution < 1.29 is 8.42 Å². The third-order valence-electron chi connectivity index (χ3n) is 2.95. The van der Waals surface area contributed by atoms with E-state index in [2.05, 4.69) is 17.0 Å². The Morgan fingerprint density at radius 2 is 1.84 bits per heavy atom. The van der Waals surface area contributed by atoms with E-state index in [0.717, 1.165) is 19.4 Å². The summed E-state index contributed by atoms with van der Waals surface area (Å²) in [7, 11) is -3.16. The fourth-order valence-electron chi connectivity index (χ4n) is 1.81. The Hall–Kier alpha value is -0.910. The van der Waals surface area contributed by atoms with Crippen LogP contribution in [0.5, 0.6) is 0 Å². The first-order valence-corrected chi connectivity index (χ1v) is 8.43. The van der Waals surface area contributed by atoms with Gasteiger partial charge in [0.2, 0.25) is 10.0 Å². The van der Waals surface area contributed by atoms with Crippen LogP contribution < -0.4 is 10.0 Å². The second-order valence-corrected chi connectivity index (χ2v) is 6.57. The van der Waals surface area contributed by atoms with E-state index in [1.807, 2.05) is 31.2 Å². The molecule has 0 bridgehead atoms. The van der Waals surface area contributed by atoms with Crippen molar-refractivity contribution in [3.63, 3.8) is 0 Å². The molecule has 108 valence electrons. The minimum Gasteiger partial charge on any atom is -0.316 e. The highest BCUT2D eigenvalue weighted by molar-refractivity contribution is 7.89. The van der Waals surface area contributed by atoms with Gasteiger partial charge in [0.25, 0.3) is 0 Å². The molecular weight excluding hydrogens is 260 g/mol. The topological polar surface area (TPSA) is 58.2 Å². The van der Waals surface area contributed by atoms with Crippen molar-refractivity contribution in [2.24, 2.45) is 0 Å². The number of aryl methyl sites for hydroxylation is 1. The summed E-state index contributed by atoms with van der Waals surface area (Å²) in [5, 5.41) is 3.09. The van der Waals surface area contributed by atoms with Crippen molar-refractivity contribution in [3.05, 3.63) is 35.4 Å². The lowest BCUT2D eigenvalue weighted by molar-refractivity contribution is 0.576. The molecule has 0 spiro atoms. The molecule has 0 heterocycles. The molecule has 0 fully saturated rings. The van der Waals surface area contributed by atoms with Crippen LogP contribution in [-0.2, 0) is 16.4 Å². The first-order valence-electron chi connectivity index (χ1n) is 6.77. The highest BCUT2D eigenvalue weighted by Crippen LogP contribution is 2.06. The van der Waals surface area contributed by atoms with Crippen LogP contribution in [0.3, 0.4) is 0 Å². The summed E-state index contributed by atoms with van der Waals surface area (Å²) in [6.45, 7) is 5.92. The van der Waals surface area contributed by atoms with Crippen LogP contribution in [0.15, 0.2) is 24.3 Å². The van der Waals surface area contributed by atoms with Crippen molar-refractivity contribution in [3.8, 4) is 0 Å². The van der Waals surface area contributed by atoms with Gasteiger partial charge in [-0.3, -0.25) is 0 Å². The fraction of sp³-hybridized carbons (Fsp3) is 0.571. The molecule has 0 saturated carbocycles. The first kappa shape index (κ1) is 16.1. The largest absolute Gasteiger partial charge is 0.316 e. The standard InChI is InChI=1S/C14H24N2O2S/c1-3-9-15-11-12-19(17,18)16-10-8-14-7-5-4-6-13(14)2/h4-7,15-16H,3,8-12H2,1-2H3. The van der Waals surface area contributed by atoms with Crippen LogP contribution in [0, 0.1) is 6.92 Å². The highest BCUT2D eigenvalue weighted by atomic mass is 32.2. The van der Waals surface area contributed by atoms with Crippen molar-refractivity contribution in [1.82, 2.24) is 10.0 Å². The first-order chi connectivity index (χ1) is 9.05. The molecule has 1 rings (SSSR count).